The summed E-state index contributed by atoms with van der Waals surface area (Å²) in [5.74, 6) is 0.0648. The van der Waals surface area contributed by atoms with Crippen LogP contribution >= 0.6 is 0 Å². The van der Waals surface area contributed by atoms with E-state index in [0.717, 1.165) is 23.9 Å². The van der Waals surface area contributed by atoms with Crippen molar-refractivity contribution in [2.75, 3.05) is 5.32 Å². The maximum absolute atomic E-state index is 12.5. The van der Waals surface area contributed by atoms with E-state index in [2.05, 4.69) is 20.3 Å². The van der Waals surface area contributed by atoms with Crippen molar-refractivity contribution in [3.8, 4) is 11.3 Å². The minimum absolute atomic E-state index is 0.0290. The predicted octanol–water partition coefficient (Wildman–Crippen LogP) is 4.12. The van der Waals surface area contributed by atoms with Crippen LogP contribution in [-0.2, 0) is 6.18 Å². The monoisotopic (exact) mass is 358 g/mol. The minimum Gasteiger partial charge on any atom is -0.322 e. The molecule has 0 unspecified atom stereocenters. The average Bonchev–Trinajstić information content (AvgIpc) is 2.61. The van der Waals surface area contributed by atoms with Gasteiger partial charge in [0.25, 0.3) is 5.91 Å². The molecule has 5 nitrogen and oxygen atoms in total. The standard InChI is InChI=1S/C18H13F3N4O/c1-11-22-8-7-15(24-11)12-3-2-4-14(9-12)25-17(26)13-5-6-16(23-10-13)18(19,20)21/h2-10H,1H3,(H,25,26). The quantitative estimate of drug-likeness (QED) is 0.765. The zero-order valence-corrected chi connectivity index (χ0v) is 13.6. The normalized spacial score (nSPS) is 11.2. The molecule has 2 aromatic heterocycles. The highest BCUT2D eigenvalue weighted by Crippen LogP contribution is 2.27. The van der Waals surface area contributed by atoms with Crippen molar-refractivity contribution in [3.63, 3.8) is 0 Å². The summed E-state index contributed by atoms with van der Waals surface area (Å²) < 4.78 is 37.6. The Morgan fingerprint density at radius 2 is 1.88 bits per heavy atom. The lowest BCUT2D eigenvalue weighted by Crippen LogP contribution is -2.14. The molecule has 0 spiro atoms. The van der Waals surface area contributed by atoms with Gasteiger partial charge in [-0.25, -0.2) is 9.97 Å². The highest BCUT2D eigenvalue weighted by Gasteiger charge is 2.32. The van der Waals surface area contributed by atoms with Crippen LogP contribution in [0.5, 0.6) is 0 Å². The van der Waals surface area contributed by atoms with Crippen LogP contribution in [0.15, 0.2) is 54.9 Å². The summed E-state index contributed by atoms with van der Waals surface area (Å²) in [5, 5.41) is 2.64. The molecular formula is C18H13F3N4O. The Morgan fingerprint density at radius 3 is 2.54 bits per heavy atom. The molecule has 0 saturated carbocycles. The molecule has 3 rings (SSSR count). The van der Waals surface area contributed by atoms with Crippen molar-refractivity contribution >= 4 is 11.6 Å². The maximum Gasteiger partial charge on any atom is 0.433 e. The van der Waals surface area contributed by atoms with Gasteiger partial charge in [0.05, 0.1) is 11.3 Å². The highest BCUT2D eigenvalue weighted by molar-refractivity contribution is 6.04. The van der Waals surface area contributed by atoms with E-state index >= 15 is 0 Å². The van der Waals surface area contributed by atoms with Crippen LogP contribution in [0.2, 0.25) is 0 Å². The second-order valence-corrected chi connectivity index (χ2v) is 5.45. The van der Waals surface area contributed by atoms with Gasteiger partial charge in [-0.1, -0.05) is 12.1 Å². The van der Waals surface area contributed by atoms with Gasteiger partial charge in [0, 0.05) is 23.6 Å². The number of aryl methyl sites for hydroxylation is 1. The van der Waals surface area contributed by atoms with E-state index in [-0.39, 0.29) is 5.56 Å². The molecule has 8 heteroatoms. The van der Waals surface area contributed by atoms with Crippen LogP contribution in [-0.4, -0.2) is 20.9 Å². The number of nitrogens with zero attached hydrogens (tertiary/aromatic N) is 3. The summed E-state index contributed by atoms with van der Waals surface area (Å²) in [6.07, 6.45) is -2.01. The molecule has 0 radical (unpaired) electrons. The number of pyridine rings is 1. The van der Waals surface area contributed by atoms with Crippen LogP contribution < -0.4 is 5.32 Å². The number of anilines is 1. The van der Waals surface area contributed by atoms with Gasteiger partial charge in [0.2, 0.25) is 0 Å². The molecule has 1 N–H and O–H groups in total. The Hall–Kier alpha value is -3.29. The molecule has 0 aliphatic rings. The fraction of sp³-hybridized carbons (Fsp3) is 0.111. The van der Waals surface area contributed by atoms with Gasteiger partial charge in [0.15, 0.2) is 0 Å². The number of amides is 1. The van der Waals surface area contributed by atoms with Crippen LogP contribution in [0, 0.1) is 6.92 Å². The van der Waals surface area contributed by atoms with Crippen molar-refractivity contribution in [2.24, 2.45) is 0 Å². The first-order valence-corrected chi connectivity index (χ1v) is 7.57. The largest absolute Gasteiger partial charge is 0.433 e. The zero-order chi connectivity index (χ0) is 18.7. The second kappa shape index (κ2) is 6.91. The lowest BCUT2D eigenvalue weighted by atomic mass is 10.1. The third-order valence-corrected chi connectivity index (χ3v) is 3.51. The van der Waals surface area contributed by atoms with E-state index < -0.39 is 17.8 Å². The second-order valence-electron chi connectivity index (χ2n) is 5.45. The summed E-state index contributed by atoms with van der Waals surface area (Å²) in [6.45, 7) is 1.77. The summed E-state index contributed by atoms with van der Waals surface area (Å²) in [5.41, 5.74) is 0.948. The minimum atomic E-state index is -4.54. The van der Waals surface area contributed by atoms with Crippen LogP contribution in [0.3, 0.4) is 0 Å². The molecule has 0 atom stereocenters. The fourth-order valence-corrected chi connectivity index (χ4v) is 2.27. The topological polar surface area (TPSA) is 67.8 Å². The van der Waals surface area contributed by atoms with Gasteiger partial charge in [-0.15, -0.1) is 0 Å². The number of carbonyl (C=O) groups excluding carboxylic acids is 1. The van der Waals surface area contributed by atoms with E-state index in [9.17, 15) is 18.0 Å². The molecule has 2 heterocycles. The Morgan fingerprint density at radius 1 is 1.08 bits per heavy atom. The maximum atomic E-state index is 12.5. The number of alkyl halides is 3. The van der Waals surface area contributed by atoms with Gasteiger partial charge >= 0.3 is 6.18 Å². The Balaban J connectivity index is 1.79. The SMILES string of the molecule is Cc1nccc(-c2cccc(NC(=O)c3ccc(C(F)(F)F)nc3)c2)n1. The first kappa shape index (κ1) is 17.5. The number of hydrogen-bond donors (Lipinski definition) is 1. The van der Waals surface area contributed by atoms with Crippen molar-refractivity contribution in [2.45, 2.75) is 13.1 Å². The lowest BCUT2D eigenvalue weighted by molar-refractivity contribution is -0.141. The highest BCUT2D eigenvalue weighted by atomic mass is 19.4. The molecule has 1 amide bonds. The number of nitrogens with one attached hydrogen (secondary N) is 1. The molecule has 3 aromatic rings. The molecule has 0 aliphatic heterocycles. The summed E-state index contributed by atoms with van der Waals surface area (Å²) >= 11 is 0. The smallest absolute Gasteiger partial charge is 0.322 e. The van der Waals surface area contributed by atoms with Gasteiger partial charge in [-0.3, -0.25) is 9.78 Å². The van der Waals surface area contributed by atoms with Gasteiger partial charge in [0.1, 0.15) is 11.5 Å². The summed E-state index contributed by atoms with van der Waals surface area (Å²) in [7, 11) is 0. The number of benzene rings is 1. The molecule has 0 saturated heterocycles. The molecule has 132 valence electrons. The van der Waals surface area contributed by atoms with Crippen LogP contribution in [0.1, 0.15) is 21.9 Å². The number of rotatable bonds is 3. The Labute approximate surface area is 147 Å². The lowest BCUT2D eigenvalue weighted by Gasteiger charge is -2.09. The average molecular weight is 358 g/mol. The molecule has 0 aliphatic carbocycles. The van der Waals surface area contributed by atoms with E-state index in [1.807, 2.05) is 6.07 Å². The molecular weight excluding hydrogens is 345 g/mol. The van der Waals surface area contributed by atoms with Crippen LogP contribution in [0.25, 0.3) is 11.3 Å². The van der Waals surface area contributed by atoms with E-state index in [1.165, 1.54) is 0 Å². The fourth-order valence-electron chi connectivity index (χ4n) is 2.27. The van der Waals surface area contributed by atoms with Crippen LogP contribution in [0.4, 0.5) is 18.9 Å². The molecule has 0 bridgehead atoms. The van der Waals surface area contributed by atoms with Crippen molar-refractivity contribution in [1.29, 1.82) is 0 Å². The number of halogens is 3. The number of aromatic nitrogens is 3. The summed E-state index contributed by atoms with van der Waals surface area (Å²) in [6, 6.07) is 10.6. The van der Waals surface area contributed by atoms with E-state index in [0.29, 0.717) is 17.2 Å². The van der Waals surface area contributed by atoms with Crippen molar-refractivity contribution < 1.29 is 18.0 Å². The third-order valence-electron chi connectivity index (χ3n) is 3.51. The Kier molecular flexibility index (Phi) is 4.66. The first-order chi connectivity index (χ1) is 12.3. The third kappa shape index (κ3) is 4.02. The Bertz CT molecular complexity index is 940. The van der Waals surface area contributed by atoms with E-state index in [4.69, 9.17) is 0 Å². The summed E-state index contributed by atoms with van der Waals surface area (Å²) in [4.78, 5) is 23.9. The molecule has 26 heavy (non-hydrogen) atoms. The van der Waals surface area contributed by atoms with Gasteiger partial charge in [-0.2, -0.15) is 13.2 Å². The molecule has 1 aromatic carbocycles. The van der Waals surface area contributed by atoms with E-state index in [1.54, 1.807) is 37.4 Å². The first-order valence-electron chi connectivity index (χ1n) is 7.57. The van der Waals surface area contributed by atoms with Gasteiger partial charge < -0.3 is 5.32 Å². The predicted molar refractivity (Wildman–Crippen MR) is 89.4 cm³/mol. The van der Waals surface area contributed by atoms with Crippen molar-refractivity contribution in [1.82, 2.24) is 15.0 Å². The van der Waals surface area contributed by atoms with Gasteiger partial charge in [-0.05, 0) is 37.3 Å². The van der Waals surface area contributed by atoms with Crippen molar-refractivity contribution in [3.05, 3.63) is 71.9 Å². The number of carbonyl (C=O) groups is 1. The zero-order valence-electron chi connectivity index (χ0n) is 13.6. The number of hydrogen-bond acceptors (Lipinski definition) is 4. The molecule has 0 fully saturated rings.